The molecule has 1 aliphatic rings. The van der Waals surface area contributed by atoms with Crippen molar-refractivity contribution in [3.63, 3.8) is 0 Å². The summed E-state index contributed by atoms with van der Waals surface area (Å²) >= 11 is 0. The summed E-state index contributed by atoms with van der Waals surface area (Å²) in [5, 5.41) is 0.785. The lowest BCUT2D eigenvalue weighted by Crippen LogP contribution is -2.10. The first-order valence-electron chi connectivity index (χ1n) is 6.40. The van der Waals surface area contributed by atoms with E-state index in [4.69, 9.17) is 5.73 Å². The SMILES string of the molecule is C=Cc1[nH]c2nc(C(=O)OC)nc(N)c2c1C1(C)CC1. The topological polar surface area (TPSA) is 93.9 Å². The molecule has 2 aromatic rings. The molecule has 0 aromatic carbocycles. The Balaban J connectivity index is 2.30. The molecule has 0 bridgehead atoms. The number of aromatic nitrogens is 3. The molecule has 1 saturated carbocycles. The number of H-pyrrole nitrogens is 1. The zero-order valence-corrected chi connectivity index (χ0v) is 11.5. The predicted octanol–water partition coefficient (Wildman–Crippen LogP) is 2.02. The highest BCUT2D eigenvalue weighted by molar-refractivity contribution is 5.97. The first kappa shape index (κ1) is 12.7. The summed E-state index contributed by atoms with van der Waals surface area (Å²) in [6, 6.07) is 0. The van der Waals surface area contributed by atoms with Gasteiger partial charge in [-0.1, -0.05) is 13.5 Å². The van der Waals surface area contributed by atoms with Gasteiger partial charge < -0.3 is 15.5 Å². The Morgan fingerprint density at radius 3 is 2.75 bits per heavy atom. The average molecular weight is 272 g/mol. The van der Waals surface area contributed by atoms with Gasteiger partial charge in [0.1, 0.15) is 11.5 Å². The second kappa shape index (κ2) is 4.06. The molecule has 0 amide bonds. The van der Waals surface area contributed by atoms with Crippen LogP contribution in [0.4, 0.5) is 5.82 Å². The smallest absolute Gasteiger partial charge is 0.376 e. The van der Waals surface area contributed by atoms with Crippen LogP contribution in [0.15, 0.2) is 6.58 Å². The van der Waals surface area contributed by atoms with Crippen molar-refractivity contribution in [2.45, 2.75) is 25.2 Å². The Morgan fingerprint density at radius 2 is 2.20 bits per heavy atom. The van der Waals surface area contributed by atoms with Crippen LogP contribution < -0.4 is 5.73 Å². The Morgan fingerprint density at radius 1 is 1.50 bits per heavy atom. The molecule has 104 valence electrons. The van der Waals surface area contributed by atoms with Crippen LogP contribution >= 0.6 is 0 Å². The molecule has 0 radical (unpaired) electrons. The van der Waals surface area contributed by atoms with Gasteiger partial charge >= 0.3 is 5.97 Å². The zero-order chi connectivity index (χ0) is 14.5. The van der Waals surface area contributed by atoms with E-state index in [1.807, 2.05) is 0 Å². The molecule has 1 aliphatic carbocycles. The largest absolute Gasteiger partial charge is 0.463 e. The van der Waals surface area contributed by atoms with E-state index >= 15 is 0 Å². The number of nitrogen functional groups attached to an aromatic ring is 1. The Bertz CT molecular complexity index is 728. The second-order valence-corrected chi connectivity index (χ2v) is 5.33. The van der Waals surface area contributed by atoms with Crippen molar-refractivity contribution in [3.05, 3.63) is 23.7 Å². The van der Waals surface area contributed by atoms with E-state index in [1.165, 1.54) is 7.11 Å². The van der Waals surface area contributed by atoms with Gasteiger partial charge in [-0.15, -0.1) is 0 Å². The minimum atomic E-state index is -0.604. The third-order valence-electron chi connectivity index (χ3n) is 3.89. The third kappa shape index (κ3) is 1.68. The lowest BCUT2D eigenvalue weighted by atomic mass is 9.95. The van der Waals surface area contributed by atoms with E-state index in [-0.39, 0.29) is 11.2 Å². The number of ether oxygens (including phenoxy) is 1. The molecule has 6 heteroatoms. The summed E-state index contributed by atoms with van der Waals surface area (Å²) in [6.45, 7) is 6.00. The van der Waals surface area contributed by atoms with Crippen LogP contribution in [0.3, 0.4) is 0 Å². The summed E-state index contributed by atoms with van der Waals surface area (Å²) < 4.78 is 4.63. The lowest BCUT2D eigenvalue weighted by molar-refractivity contribution is 0.0587. The van der Waals surface area contributed by atoms with Crippen LogP contribution in [0.25, 0.3) is 17.1 Å². The second-order valence-electron chi connectivity index (χ2n) is 5.33. The van der Waals surface area contributed by atoms with Crippen molar-refractivity contribution >= 4 is 28.9 Å². The van der Waals surface area contributed by atoms with Gasteiger partial charge in [0.15, 0.2) is 0 Å². The monoisotopic (exact) mass is 272 g/mol. The fourth-order valence-electron chi connectivity index (χ4n) is 2.54. The number of methoxy groups -OCH3 is 1. The highest BCUT2D eigenvalue weighted by Crippen LogP contribution is 2.52. The molecular weight excluding hydrogens is 256 g/mol. The van der Waals surface area contributed by atoms with Crippen molar-refractivity contribution in [2.75, 3.05) is 12.8 Å². The van der Waals surface area contributed by atoms with Crippen LogP contribution in [0.2, 0.25) is 0 Å². The molecule has 2 aromatic heterocycles. The number of rotatable bonds is 3. The van der Waals surface area contributed by atoms with E-state index in [1.54, 1.807) is 6.08 Å². The zero-order valence-electron chi connectivity index (χ0n) is 11.5. The van der Waals surface area contributed by atoms with E-state index in [0.717, 1.165) is 29.5 Å². The number of nitrogens with two attached hydrogens (primary N) is 1. The van der Waals surface area contributed by atoms with E-state index < -0.39 is 5.97 Å². The van der Waals surface area contributed by atoms with Crippen LogP contribution in [-0.4, -0.2) is 28.0 Å². The number of carbonyl (C=O) groups excluding carboxylic acids is 1. The van der Waals surface area contributed by atoms with Crippen molar-refractivity contribution in [3.8, 4) is 0 Å². The first-order chi connectivity index (χ1) is 9.50. The number of esters is 1. The molecule has 3 N–H and O–H groups in total. The number of hydrogen-bond acceptors (Lipinski definition) is 5. The molecule has 2 heterocycles. The van der Waals surface area contributed by atoms with Gasteiger partial charge in [-0.3, -0.25) is 0 Å². The molecular formula is C14H16N4O2. The maximum atomic E-state index is 11.5. The van der Waals surface area contributed by atoms with Gasteiger partial charge in [-0.05, 0) is 29.9 Å². The van der Waals surface area contributed by atoms with Gasteiger partial charge in [-0.2, -0.15) is 0 Å². The highest BCUT2D eigenvalue weighted by atomic mass is 16.5. The van der Waals surface area contributed by atoms with Gasteiger partial charge in [0.05, 0.1) is 12.5 Å². The minimum Gasteiger partial charge on any atom is -0.463 e. The fraction of sp³-hybridized carbons (Fsp3) is 0.357. The molecule has 1 fully saturated rings. The summed E-state index contributed by atoms with van der Waals surface area (Å²) in [7, 11) is 1.28. The molecule has 3 rings (SSSR count). The summed E-state index contributed by atoms with van der Waals surface area (Å²) in [5.74, 6) is -0.350. The molecule has 0 spiro atoms. The average Bonchev–Trinajstić information content (AvgIpc) is 3.04. The fourth-order valence-corrected chi connectivity index (χ4v) is 2.54. The molecule has 0 aliphatic heterocycles. The number of hydrogen-bond donors (Lipinski definition) is 2. The van der Waals surface area contributed by atoms with Crippen molar-refractivity contribution < 1.29 is 9.53 Å². The van der Waals surface area contributed by atoms with Crippen LogP contribution in [0.1, 0.15) is 41.6 Å². The standard InChI is InChI=1S/C14H16N4O2/c1-4-7-9(14(2)5-6-14)8-10(15)17-12(13(19)20-3)18-11(8)16-7/h4H,1,5-6H2,2-3H3,(H3,15,16,17,18). The quantitative estimate of drug-likeness (QED) is 0.834. The minimum absolute atomic E-state index is 0.0399. The van der Waals surface area contributed by atoms with Gasteiger partial charge in [-0.25, -0.2) is 14.8 Å². The van der Waals surface area contributed by atoms with Crippen LogP contribution in [0, 0.1) is 0 Å². The highest BCUT2D eigenvalue weighted by Gasteiger charge is 2.43. The van der Waals surface area contributed by atoms with Gasteiger partial charge in [0, 0.05) is 5.69 Å². The normalized spacial score (nSPS) is 16.1. The third-order valence-corrected chi connectivity index (χ3v) is 3.89. The maximum Gasteiger partial charge on any atom is 0.376 e. The lowest BCUT2D eigenvalue weighted by Gasteiger charge is -2.10. The first-order valence-corrected chi connectivity index (χ1v) is 6.40. The predicted molar refractivity (Wildman–Crippen MR) is 76.3 cm³/mol. The number of nitrogens with one attached hydrogen (secondary N) is 1. The van der Waals surface area contributed by atoms with E-state index in [9.17, 15) is 4.79 Å². The molecule has 20 heavy (non-hydrogen) atoms. The maximum absolute atomic E-state index is 11.5. The van der Waals surface area contributed by atoms with E-state index in [2.05, 4.69) is 33.2 Å². The van der Waals surface area contributed by atoms with Gasteiger partial charge in [0.2, 0.25) is 5.82 Å². The summed E-state index contributed by atoms with van der Waals surface area (Å²) in [5.41, 5.74) is 8.66. The van der Waals surface area contributed by atoms with E-state index in [0.29, 0.717) is 11.5 Å². The van der Waals surface area contributed by atoms with Crippen molar-refractivity contribution in [1.29, 1.82) is 0 Å². The Hall–Kier alpha value is -2.37. The molecule has 6 nitrogen and oxygen atoms in total. The molecule has 0 unspecified atom stereocenters. The Labute approximate surface area is 116 Å². The van der Waals surface area contributed by atoms with Gasteiger partial charge in [0.25, 0.3) is 0 Å². The number of anilines is 1. The number of carbonyl (C=O) groups is 1. The number of aromatic amines is 1. The summed E-state index contributed by atoms with van der Waals surface area (Å²) in [6.07, 6.45) is 3.94. The summed E-state index contributed by atoms with van der Waals surface area (Å²) in [4.78, 5) is 23.0. The van der Waals surface area contributed by atoms with Crippen LogP contribution in [-0.2, 0) is 10.2 Å². The van der Waals surface area contributed by atoms with Crippen LogP contribution in [0.5, 0.6) is 0 Å². The number of fused-ring (bicyclic) bond motifs is 1. The number of nitrogens with zero attached hydrogens (tertiary/aromatic N) is 2. The van der Waals surface area contributed by atoms with Crippen molar-refractivity contribution in [2.24, 2.45) is 0 Å². The molecule has 0 atom stereocenters. The van der Waals surface area contributed by atoms with Crippen molar-refractivity contribution in [1.82, 2.24) is 15.0 Å². The molecule has 0 saturated heterocycles. The Kier molecular flexibility index (Phi) is 2.57.